The van der Waals surface area contributed by atoms with Crippen molar-refractivity contribution < 1.29 is 13.9 Å². The first kappa shape index (κ1) is 19.3. The van der Waals surface area contributed by atoms with E-state index < -0.39 is 0 Å². The van der Waals surface area contributed by atoms with E-state index in [1.165, 1.54) is 12.1 Å². The average Bonchev–Trinajstić information content (AvgIpc) is 3.23. The van der Waals surface area contributed by atoms with Gasteiger partial charge in [-0.3, -0.25) is 0 Å². The average molecular weight is 397 g/mol. The summed E-state index contributed by atoms with van der Waals surface area (Å²) in [4.78, 5) is 15.3. The Morgan fingerprint density at radius 1 is 1.21 bits per heavy atom. The van der Waals surface area contributed by atoms with Crippen molar-refractivity contribution in [2.24, 2.45) is 0 Å². The fraction of sp³-hybridized carbons (Fsp3) is 0.381. The largest absolute Gasteiger partial charge is 0.444 e. The van der Waals surface area contributed by atoms with Crippen LogP contribution in [-0.4, -0.2) is 45.8 Å². The van der Waals surface area contributed by atoms with Crippen molar-refractivity contribution in [2.45, 2.75) is 31.7 Å². The van der Waals surface area contributed by atoms with E-state index >= 15 is 0 Å². The van der Waals surface area contributed by atoms with E-state index in [1.54, 1.807) is 24.7 Å². The maximum Gasteiger partial charge on any atom is 0.226 e. The molecule has 3 aromatic rings. The maximum absolute atomic E-state index is 13.0. The smallest absolute Gasteiger partial charge is 0.226 e. The summed E-state index contributed by atoms with van der Waals surface area (Å²) < 4.78 is 18.5. The Labute approximate surface area is 168 Å². The summed E-state index contributed by atoms with van der Waals surface area (Å²) in [5.41, 5.74) is 1.55. The predicted molar refractivity (Wildman–Crippen MR) is 108 cm³/mol. The number of hydrogen-bond acceptors (Lipinski definition) is 7. The zero-order valence-electron chi connectivity index (χ0n) is 16.1. The number of hydrogen-bond donors (Lipinski definition) is 2. The molecule has 0 radical (unpaired) electrons. The molecule has 1 unspecified atom stereocenters. The van der Waals surface area contributed by atoms with Gasteiger partial charge in [-0.1, -0.05) is 0 Å². The van der Waals surface area contributed by atoms with Crippen LogP contribution in [0.3, 0.4) is 0 Å². The molecule has 8 heteroatoms. The summed E-state index contributed by atoms with van der Waals surface area (Å²) in [5, 5.41) is 12.9. The molecule has 0 bridgehead atoms. The molecule has 1 fully saturated rings. The third-order valence-corrected chi connectivity index (χ3v) is 5.11. The highest BCUT2D eigenvalue weighted by molar-refractivity contribution is 5.53. The molecule has 1 aliphatic rings. The highest BCUT2D eigenvalue weighted by Gasteiger charge is 2.23. The lowest BCUT2D eigenvalue weighted by molar-refractivity contribution is 0.239. The highest BCUT2D eigenvalue weighted by atomic mass is 19.1. The van der Waals surface area contributed by atoms with Crippen LogP contribution in [0.5, 0.6) is 0 Å². The lowest BCUT2D eigenvalue weighted by atomic mass is 10.0. The van der Waals surface area contributed by atoms with Crippen LogP contribution in [-0.2, 0) is 6.42 Å². The lowest BCUT2D eigenvalue weighted by Crippen LogP contribution is -2.42. The molecule has 2 aromatic heterocycles. The second kappa shape index (κ2) is 9.00. The summed E-state index contributed by atoms with van der Waals surface area (Å²) in [5.74, 6) is 1.76. The minimum absolute atomic E-state index is 0.117. The monoisotopic (exact) mass is 397 g/mol. The van der Waals surface area contributed by atoms with Crippen LogP contribution in [0, 0.1) is 5.82 Å². The molecule has 152 valence electrons. The number of aliphatic hydroxyl groups is 1. The molecular formula is C21H24FN5O2. The minimum atomic E-state index is -0.288. The van der Waals surface area contributed by atoms with Gasteiger partial charge in [-0.2, -0.15) is 0 Å². The van der Waals surface area contributed by atoms with E-state index in [1.807, 2.05) is 6.07 Å². The van der Waals surface area contributed by atoms with Crippen molar-refractivity contribution >= 4 is 11.6 Å². The third kappa shape index (κ3) is 4.71. The number of benzene rings is 1. The second-order valence-electron chi connectivity index (χ2n) is 7.11. The SMILES string of the molecule is OCC1CCCCN1c1cc(NCCc2coc(-c3ccc(F)cc3)n2)ncn1. The number of anilines is 2. The quantitative estimate of drug-likeness (QED) is 0.633. The molecule has 0 spiro atoms. The lowest BCUT2D eigenvalue weighted by Gasteiger charge is -2.35. The predicted octanol–water partition coefficient (Wildman–Crippen LogP) is 3.28. The van der Waals surface area contributed by atoms with Crippen LogP contribution in [0.2, 0.25) is 0 Å². The Hall–Kier alpha value is -3.00. The summed E-state index contributed by atoms with van der Waals surface area (Å²) in [6.07, 6.45) is 7.04. The Morgan fingerprint density at radius 2 is 2.07 bits per heavy atom. The Morgan fingerprint density at radius 3 is 2.90 bits per heavy atom. The molecule has 29 heavy (non-hydrogen) atoms. The van der Waals surface area contributed by atoms with Crippen molar-refractivity contribution in [3.8, 4) is 11.5 Å². The molecule has 1 saturated heterocycles. The van der Waals surface area contributed by atoms with E-state index in [-0.39, 0.29) is 18.5 Å². The molecule has 3 heterocycles. The third-order valence-electron chi connectivity index (χ3n) is 5.11. The van der Waals surface area contributed by atoms with Gasteiger partial charge >= 0.3 is 0 Å². The first-order valence-electron chi connectivity index (χ1n) is 9.86. The number of piperidine rings is 1. The number of aromatic nitrogens is 3. The molecule has 0 saturated carbocycles. The number of halogens is 1. The van der Waals surface area contributed by atoms with Crippen molar-refractivity contribution in [3.63, 3.8) is 0 Å². The highest BCUT2D eigenvalue weighted by Crippen LogP contribution is 2.24. The van der Waals surface area contributed by atoms with Gasteiger partial charge in [0, 0.05) is 31.1 Å². The van der Waals surface area contributed by atoms with Gasteiger partial charge in [0.2, 0.25) is 5.89 Å². The number of nitrogens with one attached hydrogen (secondary N) is 1. The van der Waals surface area contributed by atoms with E-state index in [9.17, 15) is 9.50 Å². The summed E-state index contributed by atoms with van der Waals surface area (Å²) in [6, 6.07) is 8.10. The first-order valence-corrected chi connectivity index (χ1v) is 9.86. The molecule has 0 amide bonds. The molecule has 4 rings (SSSR count). The van der Waals surface area contributed by atoms with Gasteiger partial charge in [0.15, 0.2) is 0 Å². The summed E-state index contributed by atoms with van der Waals surface area (Å²) in [7, 11) is 0. The zero-order valence-corrected chi connectivity index (χ0v) is 16.1. The molecule has 1 aromatic carbocycles. The van der Waals surface area contributed by atoms with Gasteiger partial charge in [-0.05, 0) is 43.5 Å². The van der Waals surface area contributed by atoms with Crippen molar-refractivity contribution in [1.82, 2.24) is 15.0 Å². The first-order chi connectivity index (χ1) is 14.2. The molecule has 2 N–H and O–H groups in total. The second-order valence-corrected chi connectivity index (χ2v) is 7.11. The number of aliphatic hydroxyl groups excluding tert-OH is 1. The summed E-state index contributed by atoms with van der Waals surface area (Å²) in [6.45, 7) is 1.66. The van der Waals surface area contributed by atoms with Gasteiger partial charge in [-0.25, -0.2) is 19.3 Å². The van der Waals surface area contributed by atoms with E-state index in [0.717, 1.165) is 48.7 Å². The van der Waals surface area contributed by atoms with Gasteiger partial charge < -0.3 is 19.7 Å². The number of oxazole rings is 1. The minimum Gasteiger partial charge on any atom is -0.444 e. The van der Waals surface area contributed by atoms with E-state index in [2.05, 4.69) is 25.2 Å². The Kier molecular flexibility index (Phi) is 6.00. The Bertz CT molecular complexity index is 931. The topological polar surface area (TPSA) is 87.3 Å². The number of rotatable bonds is 7. The van der Waals surface area contributed by atoms with Crippen molar-refractivity contribution in [1.29, 1.82) is 0 Å². The molecular weight excluding hydrogens is 373 g/mol. The fourth-order valence-electron chi connectivity index (χ4n) is 3.56. The molecule has 7 nitrogen and oxygen atoms in total. The molecule has 0 aliphatic carbocycles. The standard InChI is InChI=1S/C21H24FN5O2/c22-16-6-4-15(5-7-16)21-26-17(13-29-21)8-9-23-19-11-20(25-14-24-19)27-10-2-1-3-18(27)12-28/h4-7,11,13-14,18,28H,1-3,8-10,12H2,(H,23,24,25). The van der Waals surface area contributed by atoms with Crippen LogP contribution in [0.25, 0.3) is 11.5 Å². The normalized spacial score (nSPS) is 16.8. The molecule has 1 atom stereocenters. The van der Waals surface area contributed by atoms with Crippen LogP contribution in [0.4, 0.5) is 16.0 Å². The van der Waals surface area contributed by atoms with Gasteiger partial charge in [-0.15, -0.1) is 0 Å². The van der Waals surface area contributed by atoms with Gasteiger partial charge in [0.25, 0.3) is 0 Å². The summed E-state index contributed by atoms with van der Waals surface area (Å²) >= 11 is 0. The van der Waals surface area contributed by atoms with Crippen molar-refractivity contribution in [2.75, 3.05) is 29.9 Å². The van der Waals surface area contributed by atoms with Crippen LogP contribution in [0.1, 0.15) is 25.0 Å². The Balaban J connectivity index is 1.35. The molecule has 1 aliphatic heterocycles. The van der Waals surface area contributed by atoms with Gasteiger partial charge in [0.1, 0.15) is 30.0 Å². The van der Waals surface area contributed by atoms with Crippen molar-refractivity contribution in [3.05, 3.63) is 54.4 Å². The van der Waals surface area contributed by atoms with E-state index in [4.69, 9.17) is 4.42 Å². The van der Waals surface area contributed by atoms with Crippen LogP contribution in [0.15, 0.2) is 47.3 Å². The maximum atomic E-state index is 13.0. The fourth-order valence-corrected chi connectivity index (χ4v) is 3.56. The zero-order chi connectivity index (χ0) is 20.1. The van der Waals surface area contributed by atoms with Gasteiger partial charge in [0.05, 0.1) is 18.3 Å². The van der Waals surface area contributed by atoms with Crippen LogP contribution < -0.4 is 10.2 Å². The van der Waals surface area contributed by atoms with Crippen LogP contribution >= 0.6 is 0 Å². The number of nitrogens with zero attached hydrogens (tertiary/aromatic N) is 4. The van der Waals surface area contributed by atoms with E-state index in [0.29, 0.717) is 18.9 Å².